The van der Waals surface area contributed by atoms with Gasteiger partial charge in [0, 0.05) is 62.1 Å². The normalized spacial score (nSPS) is 18.6. The molecule has 3 aliphatic heterocycles. The Kier molecular flexibility index (Phi) is 6.41. The van der Waals surface area contributed by atoms with E-state index in [1.54, 1.807) is 11.1 Å². The quantitative estimate of drug-likeness (QED) is 0.547. The topological polar surface area (TPSA) is 96.9 Å². The zero-order valence-corrected chi connectivity index (χ0v) is 21.4. The maximum atomic E-state index is 13.3. The summed E-state index contributed by atoms with van der Waals surface area (Å²) in [7, 11) is 1.84. The van der Waals surface area contributed by atoms with Crippen molar-refractivity contribution in [2.75, 3.05) is 38.5 Å². The number of pyridine rings is 1. The molecule has 3 amide bonds. The molecule has 3 aromatic rings. The fraction of sp³-hybridized carbons (Fsp3) is 0.310. The molecule has 2 N–H and O–H groups in total. The number of likely N-dealkylation sites (tertiary alicyclic amines) is 1. The zero-order valence-electron chi connectivity index (χ0n) is 21.4. The molecule has 0 atom stereocenters. The molecule has 38 heavy (non-hydrogen) atoms. The number of amidine groups is 1. The SMILES string of the molecule is CN1CCN(C2CCN(C(=O)c3cc4cc(NC5=NC(c6ccccn6)=CCC=C5)ccc4[nH]3)CC2)C1=O. The van der Waals surface area contributed by atoms with E-state index in [1.807, 2.05) is 65.4 Å². The third kappa shape index (κ3) is 4.79. The highest BCUT2D eigenvalue weighted by Gasteiger charge is 2.34. The number of piperidine rings is 1. The second kappa shape index (κ2) is 10.2. The van der Waals surface area contributed by atoms with Gasteiger partial charge in [-0.2, -0.15) is 0 Å². The predicted octanol–water partition coefficient (Wildman–Crippen LogP) is 4.35. The lowest BCUT2D eigenvalue weighted by Gasteiger charge is -2.36. The molecule has 0 spiro atoms. The third-order valence-electron chi connectivity index (χ3n) is 7.46. The summed E-state index contributed by atoms with van der Waals surface area (Å²) < 4.78 is 0. The van der Waals surface area contributed by atoms with E-state index < -0.39 is 0 Å². The number of aromatic amines is 1. The van der Waals surface area contributed by atoms with Crippen molar-refractivity contribution in [1.82, 2.24) is 24.7 Å². The average molecular weight is 510 g/mol. The number of hydrogen-bond acceptors (Lipinski definition) is 5. The minimum atomic E-state index is 0.000224. The molecule has 0 radical (unpaired) electrons. The summed E-state index contributed by atoms with van der Waals surface area (Å²) in [6.45, 7) is 2.85. The Hall–Kier alpha value is -4.40. The first-order valence-electron chi connectivity index (χ1n) is 13.1. The number of aliphatic imine (C=N–C) groups is 1. The molecule has 9 heteroatoms. The van der Waals surface area contributed by atoms with Crippen molar-refractivity contribution in [1.29, 1.82) is 0 Å². The van der Waals surface area contributed by atoms with Crippen molar-refractivity contribution in [3.63, 3.8) is 0 Å². The van der Waals surface area contributed by atoms with Gasteiger partial charge >= 0.3 is 6.03 Å². The molecule has 3 aliphatic rings. The number of carbonyl (C=O) groups excluding carboxylic acids is 2. The summed E-state index contributed by atoms with van der Waals surface area (Å²) >= 11 is 0. The third-order valence-corrected chi connectivity index (χ3v) is 7.46. The summed E-state index contributed by atoms with van der Waals surface area (Å²) in [5.41, 5.74) is 4.05. The number of urea groups is 1. The maximum Gasteiger partial charge on any atom is 0.320 e. The van der Waals surface area contributed by atoms with Crippen LogP contribution in [0.3, 0.4) is 0 Å². The summed E-state index contributed by atoms with van der Waals surface area (Å²) in [5.74, 6) is 0.733. The van der Waals surface area contributed by atoms with Crippen molar-refractivity contribution in [3.05, 3.63) is 78.3 Å². The number of nitrogens with one attached hydrogen (secondary N) is 2. The van der Waals surface area contributed by atoms with Gasteiger partial charge in [0.25, 0.3) is 5.91 Å². The van der Waals surface area contributed by atoms with Gasteiger partial charge in [0.1, 0.15) is 11.5 Å². The highest BCUT2D eigenvalue weighted by molar-refractivity contribution is 6.07. The van der Waals surface area contributed by atoms with Gasteiger partial charge in [-0.3, -0.25) is 9.78 Å². The molecule has 2 saturated heterocycles. The van der Waals surface area contributed by atoms with Gasteiger partial charge < -0.3 is 25.0 Å². The maximum absolute atomic E-state index is 13.3. The number of fused-ring (bicyclic) bond motifs is 1. The number of nitrogens with zero attached hydrogens (tertiary/aromatic N) is 5. The highest BCUT2D eigenvalue weighted by atomic mass is 16.2. The summed E-state index contributed by atoms with van der Waals surface area (Å²) in [5, 5.41) is 4.36. The first-order chi connectivity index (χ1) is 18.5. The van der Waals surface area contributed by atoms with E-state index in [0.717, 1.165) is 66.2 Å². The summed E-state index contributed by atoms with van der Waals surface area (Å²) in [6.07, 6.45) is 10.3. The van der Waals surface area contributed by atoms with Crippen LogP contribution in [-0.2, 0) is 0 Å². The fourth-order valence-electron chi connectivity index (χ4n) is 5.35. The zero-order chi connectivity index (χ0) is 26.1. The Labute approximate surface area is 221 Å². The van der Waals surface area contributed by atoms with Gasteiger partial charge in [-0.05, 0) is 61.7 Å². The predicted molar refractivity (Wildman–Crippen MR) is 149 cm³/mol. The summed E-state index contributed by atoms with van der Waals surface area (Å²) in [6, 6.07) is 14.0. The monoisotopic (exact) mass is 509 g/mol. The lowest BCUT2D eigenvalue weighted by Crippen LogP contribution is -2.47. The molecule has 0 aliphatic carbocycles. The second-order valence-corrected chi connectivity index (χ2v) is 9.97. The molecule has 0 unspecified atom stereocenters. The van der Waals surface area contributed by atoms with Gasteiger partial charge in [-0.1, -0.05) is 18.2 Å². The smallest absolute Gasteiger partial charge is 0.320 e. The molecule has 0 saturated carbocycles. The molecule has 0 bridgehead atoms. The number of benzene rings is 1. The van der Waals surface area contributed by atoms with Crippen LogP contribution >= 0.6 is 0 Å². The van der Waals surface area contributed by atoms with Gasteiger partial charge in [0.2, 0.25) is 0 Å². The van der Waals surface area contributed by atoms with E-state index >= 15 is 0 Å². The minimum Gasteiger partial charge on any atom is -0.351 e. The Bertz CT molecular complexity index is 1450. The number of allylic oxidation sites excluding steroid dienone is 2. The van der Waals surface area contributed by atoms with Crippen LogP contribution in [0, 0.1) is 0 Å². The van der Waals surface area contributed by atoms with E-state index in [2.05, 4.69) is 27.4 Å². The molecule has 194 valence electrons. The number of anilines is 1. The first kappa shape index (κ1) is 24.0. The number of hydrogen-bond donors (Lipinski definition) is 2. The van der Waals surface area contributed by atoms with Gasteiger partial charge in [0.05, 0.1) is 11.4 Å². The van der Waals surface area contributed by atoms with Crippen molar-refractivity contribution in [2.24, 2.45) is 4.99 Å². The number of rotatable bonds is 4. The van der Waals surface area contributed by atoms with Crippen LogP contribution in [-0.4, -0.2) is 81.7 Å². The standard InChI is InChI=1S/C29H31N7O2/c1-34-16-17-36(29(34)38)22-11-14-35(15-12-22)28(37)26-19-20-18-21(9-10-23(20)32-26)31-27-8-3-2-7-25(33-27)24-6-4-5-13-30-24/h3-10,13,18-19,22,32H,2,11-12,14-17H2,1H3,(H,31,33). The fourth-order valence-corrected chi connectivity index (χ4v) is 5.35. The van der Waals surface area contributed by atoms with Crippen LogP contribution in [0.4, 0.5) is 10.5 Å². The lowest BCUT2D eigenvalue weighted by molar-refractivity contribution is 0.0659. The van der Waals surface area contributed by atoms with Crippen molar-refractivity contribution < 1.29 is 9.59 Å². The van der Waals surface area contributed by atoms with Crippen LogP contribution in [0.15, 0.2) is 71.9 Å². The summed E-state index contributed by atoms with van der Waals surface area (Å²) in [4.78, 5) is 43.7. The molecular weight excluding hydrogens is 478 g/mol. The Morgan fingerprint density at radius 3 is 2.71 bits per heavy atom. The molecule has 1 aromatic carbocycles. The number of carbonyl (C=O) groups is 2. The highest BCUT2D eigenvalue weighted by Crippen LogP contribution is 2.25. The molecule has 5 heterocycles. The van der Waals surface area contributed by atoms with Crippen LogP contribution in [0.25, 0.3) is 16.6 Å². The van der Waals surface area contributed by atoms with Crippen molar-refractivity contribution in [2.45, 2.75) is 25.3 Å². The average Bonchev–Trinajstić information content (AvgIpc) is 3.43. The van der Waals surface area contributed by atoms with Crippen LogP contribution in [0.5, 0.6) is 0 Å². The largest absolute Gasteiger partial charge is 0.351 e. The van der Waals surface area contributed by atoms with E-state index in [9.17, 15) is 9.59 Å². The van der Waals surface area contributed by atoms with E-state index in [0.29, 0.717) is 18.8 Å². The number of amides is 3. The van der Waals surface area contributed by atoms with Crippen LogP contribution in [0.1, 0.15) is 35.4 Å². The Morgan fingerprint density at radius 2 is 1.95 bits per heavy atom. The van der Waals surface area contributed by atoms with Gasteiger partial charge in [-0.15, -0.1) is 0 Å². The first-order valence-corrected chi connectivity index (χ1v) is 13.1. The van der Waals surface area contributed by atoms with Gasteiger partial charge in [0.15, 0.2) is 0 Å². The van der Waals surface area contributed by atoms with Crippen molar-refractivity contribution >= 4 is 40.1 Å². The van der Waals surface area contributed by atoms with E-state index in [1.165, 1.54) is 0 Å². The van der Waals surface area contributed by atoms with Gasteiger partial charge in [-0.25, -0.2) is 9.79 Å². The molecule has 2 fully saturated rings. The number of H-pyrrole nitrogens is 1. The molecule has 9 nitrogen and oxygen atoms in total. The number of likely N-dealkylation sites (N-methyl/N-ethyl adjacent to an activating group) is 1. The molecule has 2 aromatic heterocycles. The molecular formula is C29H31N7O2. The van der Waals surface area contributed by atoms with Crippen molar-refractivity contribution in [3.8, 4) is 0 Å². The Balaban J connectivity index is 1.13. The van der Waals surface area contributed by atoms with Crippen LogP contribution < -0.4 is 5.32 Å². The lowest BCUT2D eigenvalue weighted by atomic mass is 10.0. The van der Waals surface area contributed by atoms with Crippen LogP contribution in [0.2, 0.25) is 0 Å². The molecule has 6 rings (SSSR count). The minimum absolute atomic E-state index is 0.000224. The second-order valence-electron chi connectivity index (χ2n) is 9.97. The van der Waals surface area contributed by atoms with E-state index in [-0.39, 0.29) is 18.0 Å². The Morgan fingerprint density at radius 1 is 1.08 bits per heavy atom. The van der Waals surface area contributed by atoms with E-state index in [4.69, 9.17) is 4.99 Å². The number of aromatic nitrogens is 2.